The molecule has 0 spiro atoms. The van der Waals surface area contributed by atoms with E-state index in [1.54, 1.807) is 0 Å². The number of para-hydroxylation sites is 1. The zero-order chi connectivity index (χ0) is 18.2. The van der Waals surface area contributed by atoms with Gasteiger partial charge in [0, 0.05) is 4.47 Å². The number of ether oxygens (including phenoxy) is 1. The molecule has 0 fully saturated rings. The van der Waals surface area contributed by atoms with Crippen molar-refractivity contribution in [3.8, 4) is 5.75 Å². The molecule has 4 nitrogen and oxygen atoms in total. The molecule has 1 atom stereocenters. The van der Waals surface area contributed by atoms with E-state index >= 15 is 0 Å². The highest BCUT2D eigenvalue weighted by Gasteiger charge is 2.11. The van der Waals surface area contributed by atoms with Crippen LogP contribution in [0.25, 0.3) is 0 Å². The predicted molar refractivity (Wildman–Crippen MR) is 105 cm³/mol. The molecule has 2 aromatic carbocycles. The van der Waals surface area contributed by atoms with Crippen LogP contribution in [-0.2, 0) is 4.79 Å². The fourth-order valence-electron chi connectivity index (χ4n) is 2.32. The number of benzene rings is 2. The Morgan fingerprint density at radius 1 is 1.20 bits per heavy atom. The maximum absolute atomic E-state index is 12.0. The Morgan fingerprint density at radius 2 is 1.88 bits per heavy atom. The summed E-state index contributed by atoms with van der Waals surface area (Å²) in [6, 6.07) is 15.6. The second-order valence-corrected chi connectivity index (χ2v) is 6.79. The lowest BCUT2D eigenvalue weighted by Crippen LogP contribution is -2.25. The monoisotopic (exact) mass is 402 g/mol. The van der Waals surface area contributed by atoms with Crippen LogP contribution in [0.1, 0.15) is 44.2 Å². The molecule has 0 aliphatic carbocycles. The molecule has 1 unspecified atom stereocenters. The van der Waals surface area contributed by atoms with Crippen LogP contribution < -0.4 is 10.2 Å². The molecule has 0 aliphatic heterocycles. The highest BCUT2D eigenvalue weighted by molar-refractivity contribution is 9.10. The van der Waals surface area contributed by atoms with Crippen molar-refractivity contribution < 1.29 is 9.53 Å². The number of nitrogens with one attached hydrogen (secondary N) is 1. The van der Waals surface area contributed by atoms with Crippen LogP contribution in [0.4, 0.5) is 0 Å². The number of amides is 1. The Kier molecular flexibility index (Phi) is 7.19. The fraction of sp³-hybridized carbons (Fsp3) is 0.300. The third-order valence-electron chi connectivity index (χ3n) is 4.03. The molecule has 0 aromatic heterocycles. The van der Waals surface area contributed by atoms with Gasteiger partial charge in [0.15, 0.2) is 6.61 Å². The highest BCUT2D eigenvalue weighted by Crippen LogP contribution is 2.28. The molecule has 0 bridgehead atoms. The first kappa shape index (κ1) is 19.2. The Labute approximate surface area is 157 Å². The molecule has 132 valence electrons. The normalized spacial score (nSPS) is 12.6. The van der Waals surface area contributed by atoms with Crippen LogP contribution in [0.15, 0.2) is 58.1 Å². The maximum atomic E-state index is 12.0. The molecule has 0 radical (unpaired) electrons. The highest BCUT2D eigenvalue weighted by atomic mass is 79.9. The summed E-state index contributed by atoms with van der Waals surface area (Å²) in [4.78, 5) is 12.0. The van der Waals surface area contributed by atoms with Gasteiger partial charge in [-0.25, -0.2) is 5.43 Å². The standard InChI is InChI=1S/C20H23BrN2O2/c1-4-14(2)18-7-5-6-8-19(18)25-13-20(24)23-22-15(3)16-9-11-17(21)12-10-16/h5-12,14H,4,13H2,1-3H3,(H,23,24). The fourth-order valence-corrected chi connectivity index (χ4v) is 2.58. The average molecular weight is 403 g/mol. The lowest BCUT2D eigenvalue weighted by Gasteiger charge is -2.15. The van der Waals surface area contributed by atoms with Gasteiger partial charge in [-0.3, -0.25) is 4.79 Å². The van der Waals surface area contributed by atoms with Gasteiger partial charge in [0.05, 0.1) is 5.71 Å². The van der Waals surface area contributed by atoms with Gasteiger partial charge in [0.25, 0.3) is 5.91 Å². The number of hydrogen-bond acceptors (Lipinski definition) is 3. The SMILES string of the molecule is CCC(C)c1ccccc1OCC(=O)NN=C(C)c1ccc(Br)cc1. The average Bonchev–Trinajstić information content (AvgIpc) is 2.64. The first-order chi connectivity index (χ1) is 12.0. The molecule has 0 heterocycles. The number of hydrogen-bond donors (Lipinski definition) is 1. The molecular weight excluding hydrogens is 380 g/mol. The smallest absolute Gasteiger partial charge is 0.277 e. The number of carbonyl (C=O) groups is 1. The van der Waals surface area contributed by atoms with E-state index in [1.165, 1.54) is 0 Å². The van der Waals surface area contributed by atoms with Gasteiger partial charge in [-0.2, -0.15) is 5.10 Å². The largest absolute Gasteiger partial charge is 0.483 e. The summed E-state index contributed by atoms with van der Waals surface area (Å²) in [5.41, 5.74) is 5.35. The van der Waals surface area contributed by atoms with E-state index in [2.05, 4.69) is 40.3 Å². The maximum Gasteiger partial charge on any atom is 0.277 e. The van der Waals surface area contributed by atoms with Crippen LogP contribution in [0.3, 0.4) is 0 Å². The van der Waals surface area contributed by atoms with Crippen LogP contribution in [-0.4, -0.2) is 18.2 Å². The number of halogens is 1. The van der Waals surface area contributed by atoms with Crippen LogP contribution in [0.2, 0.25) is 0 Å². The summed E-state index contributed by atoms with van der Waals surface area (Å²) in [7, 11) is 0. The van der Waals surface area contributed by atoms with Crippen molar-refractivity contribution in [2.24, 2.45) is 5.10 Å². The van der Waals surface area contributed by atoms with E-state index in [1.807, 2.05) is 55.5 Å². The van der Waals surface area contributed by atoms with E-state index in [9.17, 15) is 4.79 Å². The van der Waals surface area contributed by atoms with E-state index in [-0.39, 0.29) is 12.5 Å². The Balaban J connectivity index is 1.93. The van der Waals surface area contributed by atoms with E-state index in [0.717, 1.165) is 33.5 Å². The van der Waals surface area contributed by atoms with E-state index in [0.29, 0.717) is 5.92 Å². The zero-order valence-corrected chi connectivity index (χ0v) is 16.3. The molecular formula is C20H23BrN2O2. The minimum Gasteiger partial charge on any atom is -0.483 e. The van der Waals surface area contributed by atoms with Crippen LogP contribution >= 0.6 is 15.9 Å². The first-order valence-corrected chi connectivity index (χ1v) is 9.11. The number of rotatable bonds is 7. The molecule has 0 aliphatic rings. The Bertz CT molecular complexity index is 742. The van der Waals surface area contributed by atoms with Crippen molar-refractivity contribution in [3.63, 3.8) is 0 Å². The summed E-state index contributed by atoms with van der Waals surface area (Å²) >= 11 is 3.39. The van der Waals surface area contributed by atoms with Crippen molar-refractivity contribution in [2.75, 3.05) is 6.61 Å². The molecule has 25 heavy (non-hydrogen) atoms. The summed E-state index contributed by atoms with van der Waals surface area (Å²) in [5, 5.41) is 4.13. The predicted octanol–water partition coefficient (Wildman–Crippen LogP) is 4.88. The van der Waals surface area contributed by atoms with E-state index < -0.39 is 0 Å². The molecule has 1 amide bonds. The summed E-state index contributed by atoms with van der Waals surface area (Å²) in [6.45, 7) is 6.06. The summed E-state index contributed by atoms with van der Waals surface area (Å²) < 4.78 is 6.69. The lowest BCUT2D eigenvalue weighted by molar-refractivity contribution is -0.123. The molecule has 5 heteroatoms. The van der Waals surface area contributed by atoms with Crippen molar-refractivity contribution in [3.05, 3.63) is 64.1 Å². The van der Waals surface area contributed by atoms with Crippen molar-refractivity contribution in [2.45, 2.75) is 33.1 Å². The van der Waals surface area contributed by atoms with Crippen molar-refractivity contribution in [1.29, 1.82) is 0 Å². The summed E-state index contributed by atoms with van der Waals surface area (Å²) in [5.74, 6) is 0.855. The van der Waals surface area contributed by atoms with Crippen LogP contribution in [0.5, 0.6) is 5.75 Å². The first-order valence-electron chi connectivity index (χ1n) is 8.32. The minimum atomic E-state index is -0.282. The number of hydrazone groups is 1. The zero-order valence-electron chi connectivity index (χ0n) is 14.8. The van der Waals surface area contributed by atoms with Gasteiger partial charge in [0.1, 0.15) is 5.75 Å². The lowest BCUT2D eigenvalue weighted by atomic mass is 9.98. The Hall–Kier alpha value is -2.14. The van der Waals surface area contributed by atoms with Gasteiger partial charge < -0.3 is 4.74 Å². The van der Waals surface area contributed by atoms with Crippen LogP contribution in [0, 0.1) is 0 Å². The van der Waals surface area contributed by atoms with Gasteiger partial charge in [-0.05, 0) is 48.6 Å². The van der Waals surface area contributed by atoms with Gasteiger partial charge in [-0.1, -0.05) is 60.1 Å². The van der Waals surface area contributed by atoms with Gasteiger partial charge in [-0.15, -0.1) is 0 Å². The molecule has 2 aromatic rings. The van der Waals surface area contributed by atoms with Gasteiger partial charge in [0.2, 0.25) is 0 Å². The third kappa shape index (κ3) is 5.71. The molecule has 1 N–H and O–H groups in total. The second-order valence-electron chi connectivity index (χ2n) is 5.87. The number of carbonyl (C=O) groups excluding carboxylic acids is 1. The quantitative estimate of drug-likeness (QED) is 0.529. The molecule has 2 rings (SSSR count). The number of nitrogens with zero attached hydrogens (tertiary/aromatic N) is 1. The van der Waals surface area contributed by atoms with Gasteiger partial charge >= 0.3 is 0 Å². The second kappa shape index (κ2) is 9.37. The Morgan fingerprint density at radius 3 is 2.56 bits per heavy atom. The third-order valence-corrected chi connectivity index (χ3v) is 4.56. The molecule has 0 saturated heterocycles. The summed E-state index contributed by atoms with van der Waals surface area (Å²) in [6.07, 6.45) is 1.02. The minimum absolute atomic E-state index is 0.0649. The van der Waals surface area contributed by atoms with E-state index in [4.69, 9.17) is 4.74 Å². The van der Waals surface area contributed by atoms with Crippen molar-refractivity contribution in [1.82, 2.24) is 5.43 Å². The topological polar surface area (TPSA) is 50.7 Å². The molecule has 0 saturated carbocycles. The van der Waals surface area contributed by atoms with Crippen molar-refractivity contribution >= 4 is 27.5 Å².